The van der Waals surface area contributed by atoms with Crippen LogP contribution >= 0.6 is 11.8 Å². The summed E-state index contributed by atoms with van der Waals surface area (Å²) >= 11 is 1.21. The van der Waals surface area contributed by atoms with Gasteiger partial charge in [0.05, 0.1) is 52.3 Å². The molecule has 0 radical (unpaired) electrons. The second kappa shape index (κ2) is 12.3. The highest BCUT2D eigenvalue weighted by molar-refractivity contribution is 8.03. The molecule has 0 fully saturated rings. The predicted octanol–water partition coefficient (Wildman–Crippen LogP) is 5.72. The number of allylic oxidation sites excluding steroid dienone is 2. The number of amides is 1. The van der Waals surface area contributed by atoms with Gasteiger partial charge in [-0.15, -0.1) is 0 Å². The molecule has 1 aliphatic heterocycles. The summed E-state index contributed by atoms with van der Waals surface area (Å²) in [5.74, 6) is -1.18. The maximum absolute atomic E-state index is 13.5. The van der Waals surface area contributed by atoms with Gasteiger partial charge in [-0.3, -0.25) is 9.59 Å². The molecule has 2 heterocycles. The summed E-state index contributed by atoms with van der Waals surface area (Å²) in [4.78, 5) is 38.2. The Bertz CT molecular complexity index is 1480. The molecule has 1 atom stereocenters. The molecule has 2 N–H and O–H groups in total. The third-order valence-corrected chi connectivity index (χ3v) is 7.11. The third kappa shape index (κ3) is 6.30. The summed E-state index contributed by atoms with van der Waals surface area (Å²) in [6.45, 7) is 5.69. The van der Waals surface area contributed by atoms with E-state index >= 15 is 0 Å². The van der Waals surface area contributed by atoms with Crippen LogP contribution in [0.4, 0.5) is 5.69 Å². The Hall–Kier alpha value is -4.55. The molecule has 198 valence electrons. The first kappa shape index (κ1) is 27.5. The Kier molecular flexibility index (Phi) is 8.69. The van der Waals surface area contributed by atoms with Gasteiger partial charge in [0.2, 0.25) is 0 Å². The molecule has 39 heavy (non-hydrogen) atoms. The van der Waals surface area contributed by atoms with Crippen LogP contribution < -0.4 is 10.6 Å². The number of anilines is 1. The number of benzene rings is 2. The molecule has 9 heteroatoms. The first-order valence-electron chi connectivity index (χ1n) is 12.3. The van der Waals surface area contributed by atoms with Crippen LogP contribution in [0.25, 0.3) is 0 Å². The smallest absolute Gasteiger partial charge is 0.338 e. The number of hydrogen-bond acceptors (Lipinski definition) is 8. The molecular weight excluding hydrogens is 514 g/mol. The molecule has 0 saturated carbocycles. The van der Waals surface area contributed by atoms with E-state index in [1.807, 2.05) is 19.1 Å². The van der Waals surface area contributed by atoms with Crippen LogP contribution in [0.2, 0.25) is 0 Å². The first-order chi connectivity index (χ1) is 18.8. The quantitative estimate of drug-likeness (QED) is 0.261. The molecule has 1 amide bonds. The molecule has 1 aromatic heterocycles. The van der Waals surface area contributed by atoms with Gasteiger partial charge in [-0.05, 0) is 57.2 Å². The summed E-state index contributed by atoms with van der Waals surface area (Å²) in [6, 6.07) is 19.3. The van der Waals surface area contributed by atoms with E-state index in [1.54, 1.807) is 62.4 Å². The Morgan fingerprint density at radius 3 is 2.36 bits per heavy atom. The average Bonchev–Trinajstić information content (AvgIpc) is 3.47. The van der Waals surface area contributed by atoms with Crippen LogP contribution in [-0.4, -0.2) is 30.0 Å². The van der Waals surface area contributed by atoms with Crippen molar-refractivity contribution in [2.45, 2.75) is 26.7 Å². The number of esters is 1. The lowest BCUT2D eigenvalue weighted by molar-refractivity contribution is -0.113. The number of aryl methyl sites for hydroxylation is 1. The molecule has 1 aliphatic rings. The minimum Gasteiger partial charge on any atom is -0.468 e. The number of Topliss-reactive ketones (excluding diaryl/α,β-unsaturated/α-hetero) is 1. The number of thioether (sulfide) groups is 1. The highest BCUT2D eigenvalue weighted by Gasteiger charge is 2.36. The number of carbonyl (C=O) groups excluding carboxylic acids is 3. The van der Waals surface area contributed by atoms with E-state index in [0.717, 1.165) is 5.56 Å². The number of furan rings is 1. The number of hydrogen-bond donors (Lipinski definition) is 2. The van der Waals surface area contributed by atoms with Crippen LogP contribution in [0.5, 0.6) is 0 Å². The number of ketones is 1. The number of ether oxygens (including phenoxy) is 1. The second-order valence-electron chi connectivity index (χ2n) is 8.80. The molecule has 8 nitrogen and oxygen atoms in total. The van der Waals surface area contributed by atoms with Crippen molar-refractivity contribution in [3.8, 4) is 6.07 Å². The molecule has 0 bridgehead atoms. The summed E-state index contributed by atoms with van der Waals surface area (Å²) in [5.41, 5.74) is 3.61. The number of dihydropyridines is 1. The minimum absolute atomic E-state index is 0.0717. The summed E-state index contributed by atoms with van der Waals surface area (Å²) in [7, 11) is 0. The van der Waals surface area contributed by atoms with E-state index in [2.05, 4.69) is 16.7 Å². The predicted molar refractivity (Wildman–Crippen MR) is 149 cm³/mol. The number of nitrogens with zero attached hydrogens (tertiary/aromatic N) is 1. The zero-order valence-electron chi connectivity index (χ0n) is 21.7. The lowest BCUT2D eigenvalue weighted by Gasteiger charge is -2.28. The standard InChI is InChI=1S/C30H27N3O5S/c1-4-37-30(36)21-11-13-22(14-12-21)33-28(35)26-19(3)32-29(23(16-31)27(26)25-6-5-15-38-25)39-17-24(34)20-9-7-18(2)8-10-20/h5-15,27,32H,4,17H2,1-3H3,(H,33,35)/t27-/m1/s1. The van der Waals surface area contributed by atoms with Crippen molar-refractivity contribution in [3.63, 3.8) is 0 Å². The van der Waals surface area contributed by atoms with Gasteiger partial charge in [0.1, 0.15) is 5.76 Å². The minimum atomic E-state index is -0.776. The summed E-state index contributed by atoms with van der Waals surface area (Å²) in [5, 5.41) is 16.7. The van der Waals surface area contributed by atoms with Crippen LogP contribution in [0.1, 0.15) is 51.8 Å². The van der Waals surface area contributed by atoms with Crippen molar-refractivity contribution in [2.75, 3.05) is 17.7 Å². The van der Waals surface area contributed by atoms with Gasteiger partial charge in [-0.1, -0.05) is 41.6 Å². The lowest BCUT2D eigenvalue weighted by atomic mass is 9.85. The van der Waals surface area contributed by atoms with Gasteiger partial charge in [0, 0.05) is 16.9 Å². The molecule has 0 spiro atoms. The van der Waals surface area contributed by atoms with E-state index in [0.29, 0.717) is 38.9 Å². The topological polar surface area (TPSA) is 121 Å². The fourth-order valence-corrected chi connectivity index (χ4v) is 5.12. The molecule has 2 aromatic carbocycles. The summed E-state index contributed by atoms with van der Waals surface area (Å²) < 4.78 is 10.6. The van der Waals surface area contributed by atoms with E-state index in [-0.39, 0.29) is 23.7 Å². The van der Waals surface area contributed by atoms with Gasteiger partial charge in [-0.2, -0.15) is 5.26 Å². The lowest BCUT2D eigenvalue weighted by Crippen LogP contribution is -2.30. The number of nitriles is 1. The van der Waals surface area contributed by atoms with Gasteiger partial charge >= 0.3 is 5.97 Å². The van der Waals surface area contributed by atoms with Crippen LogP contribution in [0, 0.1) is 18.3 Å². The fourth-order valence-electron chi connectivity index (χ4n) is 4.13. The van der Waals surface area contributed by atoms with Crippen LogP contribution in [0.3, 0.4) is 0 Å². The monoisotopic (exact) mass is 541 g/mol. The average molecular weight is 542 g/mol. The van der Waals surface area contributed by atoms with Crippen molar-refractivity contribution >= 4 is 35.1 Å². The Balaban J connectivity index is 1.58. The largest absolute Gasteiger partial charge is 0.468 e. The van der Waals surface area contributed by atoms with Gasteiger partial charge < -0.3 is 19.8 Å². The number of carbonyl (C=O) groups is 3. The van der Waals surface area contributed by atoms with Gasteiger partial charge in [0.25, 0.3) is 5.91 Å². The Labute approximate surface area is 230 Å². The molecule has 3 aromatic rings. The maximum Gasteiger partial charge on any atom is 0.338 e. The molecule has 0 saturated heterocycles. The van der Waals surface area contributed by atoms with Crippen molar-refractivity contribution in [2.24, 2.45) is 0 Å². The first-order valence-corrected chi connectivity index (χ1v) is 13.3. The van der Waals surface area contributed by atoms with Crippen LogP contribution in [0.15, 0.2) is 93.2 Å². The Morgan fingerprint density at radius 1 is 1.05 bits per heavy atom. The van der Waals surface area contributed by atoms with E-state index in [1.165, 1.54) is 18.0 Å². The number of rotatable bonds is 9. The van der Waals surface area contributed by atoms with Gasteiger partial charge in [0.15, 0.2) is 5.78 Å². The third-order valence-electron chi connectivity index (χ3n) is 6.09. The van der Waals surface area contributed by atoms with E-state index in [4.69, 9.17) is 9.15 Å². The molecule has 4 rings (SSSR count). The molecular formula is C30H27N3O5S. The highest BCUT2D eigenvalue weighted by Crippen LogP contribution is 2.41. The normalized spacial score (nSPS) is 14.9. The molecule has 0 unspecified atom stereocenters. The van der Waals surface area contributed by atoms with Crippen molar-refractivity contribution in [1.29, 1.82) is 5.26 Å². The van der Waals surface area contributed by atoms with Crippen molar-refractivity contribution in [1.82, 2.24) is 5.32 Å². The zero-order chi connectivity index (χ0) is 27.9. The van der Waals surface area contributed by atoms with Crippen LogP contribution in [-0.2, 0) is 9.53 Å². The second-order valence-corrected chi connectivity index (χ2v) is 9.78. The SMILES string of the molecule is CCOC(=O)c1ccc(NC(=O)C2=C(C)NC(SCC(=O)c3ccc(C)cc3)=C(C#N)[C@@H]2c2ccco2)cc1. The number of nitrogens with one attached hydrogen (secondary N) is 2. The van der Waals surface area contributed by atoms with Crippen molar-refractivity contribution in [3.05, 3.63) is 111 Å². The highest BCUT2D eigenvalue weighted by atomic mass is 32.2. The van der Waals surface area contributed by atoms with Gasteiger partial charge in [-0.25, -0.2) is 4.79 Å². The fraction of sp³-hybridized carbons (Fsp3) is 0.200. The van der Waals surface area contributed by atoms with E-state index in [9.17, 15) is 19.6 Å². The molecule has 0 aliphatic carbocycles. The zero-order valence-corrected chi connectivity index (χ0v) is 22.6. The maximum atomic E-state index is 13.5. The Morgan fingerprint density at radius 2 is 1.74 bits per heavy atom. The van der Waals surface area contributed by atoms with Crippen molar-refractivity contribution < 1.29 is 23.5 Å². The summed E-state index contributed by atoms with van der Waals surface area (Å²) in [6.07, 6.45) is 1.49. The van der Waals surface area contributed by atoms with E-state index < -0.39 is 17.8 Å².